The summed E-state index contributed by atoms with van der Waals surface area (Å²) in [7, 11) is 0. The lowest BCUT2D eigenvalue weighted by Crippen LogP contribution is -2.13. The maximum atomic E-state index is 12.9. The summed E-state index contributed by atoms with van der Waals surface area (Å²) < 4.78 is 25.6. The minimum absolute atomic E-state index is 0.133. The van der Waals surface area contributed by atoms with Crippen LogP contribution in [0.25, 0.3) is 0 Å². The number of carbonyl (C=O) groups excluding carboxylic acids is 1. The summed E-state index contributed by atoms with van der Waals surface area (Å²) in [4.78, 5) is 15.5. The molecule has 1 aromatic carbocycles. The number of halogens is 2. The fourth-order valence-electron chi connectivity index (χ4n) is 1.31. The second-order valence-corrected chi connectivity index (χ2v) is 3.56. The highest BCUT2D eigenvalue weighted by Crippen LogP contribution is 2.14. The standard InChI is InChI=1S/C12H9F2N3O/c13-9-3-2-8(5-10(9)14)17-12(18)11-4-1-7(15)6-16-11/h1-6H,15H2,(H,17,18). The van der Waals surface area contributed by atoms with Crippen molar-refractivity contribution in [2.45, 2.75) is 0 Å². The van der Waals surface area contributed by atoms with Gasteiger partial charge in [0.25, 0.3) is 5.91 Å². The van der Waals surface area contributed by atoms with Crippen molar-refractivity contribution >= 4 is 17.3 Å². The van der Waals surface area contributed by atoms with Gasteiger partial charge in [0.15, 0.2) is 11.6 Å². The fraction of sp³-hybridized carbons (Fsp3) is 0. The Morgan fingerprint density at radius 3 is 2.56 bits per heavy atom. The van der Waals surface area contributed by atoms with E-state index in [0.717, 1.165) is 12.1 Å². The van der Waals surface area contributed by atoms with Crippen molar-refractivity contribution in [3.8, 4) is 0 Å². The Morgan fingerprint density at radius 1 is 1.17 bits per heavy atom. The molecule has 0 unspecified atom stereocenters. The van der Waals surface area contributed by atoms with Crippen LogP contribution in [0.15, 0.2) is 36.5 Å². The van der Waals surface area contributed by atoms with E-state index < -0.39 is 17.5 Å². The van der Waals surface area contributed by atoms with Crippen molar-refractivity contribution in [2.24, 2.45) is 0 Å². The number of anilines is 2. The van der Waals surface area contributed by atoms with Gasteiger partial charge in [0.2, 0.25) is 0 Å². The van der Waals surface area contributed by atoms with Crippen LogP contribution >= 0.6 is 0 Å². The maximum Gasteiger partial charge on any atom is 0.274 e. The Labute approximate surface area is 101 Å². The number of hydrogen-bond donors (Lipinski definition) is 2. The molecule has 0 radical (unpaired) electrons. The molecule has 2 rings (SSSR count). The average molecular weight is 249 g/mol. The van der Waals surface area contributed by atoms with Crippen LogP contribution in [0.4, 0.5) is 20.2 Å². The number of rotatable bonds is 2. The van der Waals surface area contributed by atoms with Crippen molar-refractivity contribution in [1.29, 1.82) is 0 Å². The lowest BCUT2D eigenvalue weighted by molar-refractivity contribution is 0.102. The molecule has 0 spiro atoms. The van der Waals surface area contributed by atoms with E-state index in [9.17, 15) is 13.6 Å². The van der Waals surface area contributed by atoms with E-state index in [0.29, 0.717) is 5.69 Å². The first-order valence-corrected chi connectivity index (χ1v) is 5.04. The highest BCUT2D eigenvalue weighted by atomic mass is 19.2. The molecule has 0 saturated carbocycles. The molecular weight excluding hydrogens is 240 g/mol. The molecule has 0 atom stereocenters. The third-order valence-electron chi connectivity index (χ3n) is 2.20. The highest BCUT2D eigenvalue weighted by Gasteiger charge is 2.09. The number of hydrogen-bond acceptors (Lipinski definition) is 3. The van der Waals surface area contributed by atoms with E-state index in [1.54, 1.807) is 0 Å². The van der Waals surface area contributed by atoms with Gasteiger partial charge in [0.05, 0.1) is 11.9 Å². The smallest absolute Gasteiger partial charge is 0.274 e. The molecule has 3 N–H and O–H groups in total. The number of pyridine rings is 1. The summed E-state index contributed by atoms with van der Waals surface area (Å²) in [6.45, 7) is 0. The van der Waals surface area contributed by atoms with Gasteiger partial charge in [-0.1, -0.05) is 0 Å². The number of nitrogen functional groups attached to an aromatic ring is 1. The number of benzene rings is 1. The van der Waals surface area contributed by atoms with Gasteiger partial charge < -0.3 is 11.1 Å². The topological polar surface area (TPSA) is 68.0 Å². The lowest BCUT2D eigenvalue weighted by Gasteiger charge is -2.05. The molecule has 4 nitrogen and oxygen atoms in total. The third-order valence-corrected chi connectivity index (χ3v) is 2.20. The van der Waals surface area contributed by atoms with Gasteiger partial charge in [0.1, 0.15) is 5.69 Å². The maximum absolute atomic E-state index is 12.9. The van der Waals surface area contributed by atoms with Crippen LogP contribution in [0.3, 0.4) is 0 Å². The Hall–Kier alpha value is -2.50. The van der Waals surface area contributed by atoms with Crippen molar-refractivity contribution in [3.63, 3.8) is 0 Å². The molecule has 0 bridgehead atoms. The Morgan fingerprint density at radius 2 is 1.94 bits per heavy atom. The second kappa shape index (κ2) is 4.79. The zero-order valence-corrected chi connectivity index (χ0v) is 9.15. The molecule has 92 valence electrons. The lowest BCUT2D eigenvalue weighted by atomic mass is 10.2. The monoisotopic (exact) mass is 249 g/mol. The van der Waals surface area contributed by atoms with Crippen LogP contribution in [0.2, 0.25) is 0 Å². The predicted octanol–water partition coefficient (Wildman–Crippen LogP) is 2.19. The van der Waals surface area contributed by atoms with Crippen LogP contribution in [-0.2, 0) is 0 Å². The molecule has 6 heteroatoms. The van der Waals surface area contributed by atoms with E-state index in [1.165, 1.54) is 24.4 Å². The van der Waals surface area contributed by atoms with Crippen LogP contribution < -0.4 is 11.1 Å². The summed E-state index contributed by atoms with van der Waals surface area (Å²) in [5.74, 6) is -2.53. The number of carbonyl (C=O) groups is 1. The zero-order valence-electron chi connectivity index (χ0n) is 9.15. The zero-order chi connectivity index (χ0) is 13.1. The minimum Gasteiger partial charge on any atom is -0.397 e. The average Bonchev–Trinajstić information content (AvgIpc) is 2.34. The predicted molar refractivity (Wildman–Crippen MR) is 63.0 cm³/mol. The van der Waals surface area contributed by atoms with Gasteiger partial charge in [0, 0.05) is 11.8 Å². The number of amides is 1. The quantitative estimate of drug-likeness (QED) is 0.857. The molecule has 1 aromatic heterocycles. The van der Waals surface area contributed by atoms with E-state index in [-0.39, 0.29) is 11.4 Å². The molecule has 0 fully saturated rings. The largest absolute Gasteiger partial charge is 0.397 e. The first-order chi connectivity index (χ1) is 8.56. The third kappa shape index (κ3) is 2.60. The van der Waals surface area contributed by atoms with Crippen LogP contribution in [0.1, 0.15) is 10.5 Å². The van der Waals surface area contributed by atoms with Crippen LogP contribution in [0.5, 0.6) is 0 Å². The van der Waals surface area contributed by atoms with Crippen LogP contribution in [-0.4, -0.2) is 10.9 Å². The van der Waals surface area contributed by atoms with E-state index in [4.69, 9.17) is 5.73 Å². The van der Waals surface area contributed by atoms with E-state index in [2.05, 4.69) is 10.3 Å². The van der Waals surface area contributed by atoms with E-state index >= 15 is 0 Å². The van der Waals surface area contributed by atoms with Crippen molar-refractivity contribution < 1.29 is 13.6 Å². The number of nitrogens with one attached hydrogen (secondary N) is 1. The summed E-state index contributed by atoms with van der Waals surface area (Å²) in [5, 5.41) is 2.40. The summed E-state index contributed by atoms with van der Waals surface area (Å²) >= 11 is 0. The van der Waals surface area contributed by atoms with Gasteiger partial charge in [-0.25, -0.2) is 13.8 Å². The molecule has 1 amide bonds. The Kier molecular flexibility index (Phi) is 3.18. The normalized spacial score (nSPS) is 10.1. The summed E-state index contributed by atoms with van der Waals surface area (Å²) in [6, 6.07) is 6.04. The molecule has 1 heterocycles. The molecule has 0 saturated heterocycles. The van der Waals surface area contributed by atoms with Gasteiger partial charge in [-0.3, -0.25) is 4.79 Å². The van der Waals surface area contributed by atoms with Gasteiger partial charge in [-0.05, 0) is 24.3 Å². The molecule has 0 aliphatic rings. The van der Waals surface area contributed by atoms with Gasteiger partial charge in [-0.15, -0.1) is 0 Å². The second-order valence-electron chi connectivity index (χ2n) is 3.56. The minimum atomic E-state index is -1.03. The van der Waals surface area contributed by atoms with Gasteiger partial charge in [-0.2, -0.15) is 0 Å². The Bertz CT molecular complexity index is 584. The highest BCUT2D eigenvalue weighted by molar-refractivity contribution is 6.02. The first-order valence-electron chi connectivity index (χ1n) is 5.04. The van der Waals surface area contributed by atoms with Crippen molar-refractivity contribution in [2.75, 3.05) is 11.1 Å². The first kappa shape index (κ1) is 12.0. The number of aromatic nitrogens is 1. The molecular formula is C12H9F2N3O. The van der Waals surface area contributed by atoms with Crippen molar-refractivity contribution in [1.82, 2.24) is 4.98 Å². The summed E-state index contributed by atoms with van der Waals surface area (Å²) in [5.41, 5.74) is 6.14. The SMILES string of the molecule is Nc1ccc(C(=O)Nc2ccc(F)c(F)c2)nc1. The van der Waals surface area contributed by atoms with Gasteiger partial charge >= 0.3 is 0 Å². The molecule has 0 aliphatic heterocycles. The van der Waals surface area contributed by atoms with E-state index in [1.807, 2.05) is 0 Å². The van der Waals surface area contributed by atoms with Crippen LogP contribution in [0, 0.1) is 11.6 Å². The Balaban J connectivity index is 2.16. The molecule has 18 heavy (non-hydrogen) atoms. The fourth-order valence-corrected chi connectivity index (χ4v) is 1.31. The number of nitrogens with two attached hydrogens (primary N) is 1. The van der Waals surface area contributed by atoms with Crippen molar-refractivity contribution in [3.05, 3.63) is 53.9 Å². The summed E-state index contributed by atoms with van der Waals surface area (Å²) in [6.07, 6.45) is 1.33. The molecule has 2 aromatic rings. The molecule has 0 aliphatic carbocycles. The number of nitrogens with zero attached hydrogens (tertiary/aromatic N) is 1.